The van der Waals surface area contributed by atoms with Gasteiger partial charge in [0.1, 0.15) is 0 Å². The molecule has 0 aromatic heterocycles. The van der Waals surface area contributed by atoms with Crippen LogP contribution in [-0.2, 0) is 9.57 Å². The van der Waals surface area contributed by atoms with Crippen molar-refractivity contribution in [2.75, 3.05) is 26.4 Å². The van der Waals surface area contributed by atoms with Crippen LogP contribution in [0.5, 0.6) is 0 Å². The van der Waals surface area contributed by atoms with E-state index >= 15 is 0 Å². The minimum Gasteiger partial charge on any atom is -0.382 e. The Morgan fingerprint density at radius 3 is 1.68 bits per heavy atom. The fourth-order valence-corrected chi connectivity index (χ4v) is 2.13. The third kappa shape index (κ3) is 17.9. The molecule has 0 radical (unpaired) electrons. The zero-order valence-electron chi connectivity index (χ0n) is 13.2. The largest absolute Gasteiger partial charge is 0.382 e. The van der Waals surface area contributed by atoms with Crippen LogP contribution in [0.15, 0.2) is 0 Å². The Labute approximate surface area is 120 Å². The standard InChI is InChI=1S/C16H35NO2/c1-3-18-16-14-12-10-8-6-5-7-9-11-13-15-17-19-4-2/h17H,3-16H2,1-2H3. The highest BCUT2D eigenvalue weighted by atomic mass is 16.6. The van der Waals surface area contributed by atoms with E-state index < -0.39 is 0 Å². The van der Waals surface area contributed by atoms with Crippen molar-refractivity contribution < 1.29 is 9.57 Å². The summed E-state index contributed by atoms with van der Waals surface area (Å²) in [6.07, 6.45) is 13.5. The first-order valence-corrected chi connectivity index (χ1v) is 8.34. The summed E-state index contributed by atoms with van der Waals surface area (Å²) in [5.41, 5.74) is 2.96. The van der Waals surface area contributed by atoms with Gasteiger partial charge in [-0.05, 0) is 26.7 Å². The highest BCUT2D eigenvalue weighted by molar-refractivity contribution is 4.48. The molecular weight excluding hydrogens is 238 g/mol. The van der Waals surface area contributed by atoms with Gasteiger partial charge in [0.05, 0.1) is 6.61 Å². The normalized spacial score (nSPS) is 11.1. The predicted octanol–water partition coefficient (Wildman–Crippen LogP) is 4.47. The molecule has 0 bridgehead atoms. The van der Waals surface area contributed by atoms with Crippen LogP contribution in [0.2, 0.25) is 0 Å². The van der Waals surface area contributed by atoms with Gasteiger partial charge in [-0.1, -0.05) is 51.4 Å². The van der Waals surface area contributed by atoms with Gasteiger partial charge < -0.3 is 9.57 Å². The molecule has 0 heterocycles. The van der Waals surface area contributed by atoms with Gasteiger partial charge in [-0.3, -0.25) is 0 Å². The lowest BCUT2D eigenvalue weighted by atomic mass is 10.1. The number of unbranched alkanes of at least 4 members (excludes halogenated alkanes) is 9. The summed E-state index contributed by atoms with van der Waals surface area (Å²) in [6.45, 7) is 7.63. The molecule has 0 saturated carbocycles. The molecule has 0 unspecified atom stereocenters. The number of ether oxygens (including phenoxy) is 1. The summed E-state index contributed by atoms with van der Waals surface area (Å²) < 4.78 is 5.33. The van der Waals surface area contributed by atoms with Gasteiger partial charge in [-0.2, -0.15) is 0 Å². The molecule has 116 valence electrons. The first-order chi connectivity index (χ1) is 9.41. The van der Waals surface area contributed by atoms with E-state index in [0.717, 1.165) is 26.4 Å². The minimum atomic E-state index is 0.755. The summed E-state index contributed by atoms with van der Waals surface area (Å²) in [5, 5.41) is 0. The van der Waals surface area contributed by atoms with Gasteiger partial charge in [0, 0.05) is 19.8 Å². The second kappa shape index (κ2) is 17.9. The molecule has 0 aliphatic carbocycles. The van der Waals surface area contributed by atoms with Crippen molar-refractivity contribution in [2.24, 2.45) is 0 Å². The van der Waals surface area contributed by atoms with E-state index in [9.17, 15) is 0 Å². The van der Waals surface area contributed by atoms with E-state index in [1.54, 1.807) is 0 Å². The van der Waals surface area contributed by atoms with Crippen molar-refractivity contribution in [2.45, 2.75) is 78.1 Å². The third-order valence-electron chi connectivity index (χ3n) is 3.27. The molecule has 0 aromatic carbocycles. The van der Waals surface area contributed by atoms with E-state index in [-0.39, 0.29) is 0 Å². The predicted molar refractivity (Wildman–Crippen MR) is 82.3 cm³/mol. The maximum atomic E-state index is 5.33. The number of hydroxylamine groups is 1. The van der Waals surface area contributed by atoms with Crippen LogP contribution < -0.4 is 5.48 Å². The van der Waals surface area contributed by atoms with Gasteiger partial charge in [0.15, 0.2) is 0 Å². The van der Waals surface area contributed by atoms with Crippen molar-refractivity contribution in [3.63, 3.8) is 0 Å². The Bertz CT molecular complexity index is 138. The summed E-state index contributed by atoms with van der Waals surface area (Å²) in [7, 11) is 0. The van der Waals surface area contributed by atoms with Crippen LogP contribution in [0.25, 0.3) is 0 Å². The van der Waals surface area contributed by atoms with Crippen molar-refractivity contribution in [1.29, 1.82) is 0 Å². The molecule has 3 nitrogen and oxygen atoms in total. The quantitative estimate of drug-likeness (QED) is 0.332. The second-order valence-corrected chi connectivity index (χ2v) is 5.06. The van der Waals surface area contributed by atoms with Crippen LogP contribution in [0, 0.1) is 0 Å². The Morgan fingerprint density at radius 2 is 1.16 bits per heavy atom. The van der Waals surface area contributed by atoms with Gasteiger partial charge in [0.2, 0.25) is 0 Å². The molecule has 0 spiro atoms. The van der Waals surface area contributed by atoms with Crippen LogP contribution in [0.1, 0.15) is 78.1 Å². The third-order valence-corrected chi connectivity index (χ3v) is 3.27. The summed E-state index contributed by atoms with van der Waals surface area (Å²) in [4.78, 5) is 5.08. The first kappa shape index (κ1) is 18.9. The number of hydrogen-bond donors (Lipinski definition) is 1. The maximum Gasteiger partial charge on any atom is 0.0653 e. The molecular formula is C16H35NO2. The highest BCUT2D eigenvalue weighted by Crippen LogP contribution is 2.10. The number of nitrogens with one attached hydrogen (secondary N) is 1. The second-order valence-electron chi connectivity index (χ2n) is 5.06. The zero-order valence-corrected chi connectivity index (χ0v) is 13.2. The lowest BCUT2D eigenvalue weighted by molar-refractivity contribution is 0.0500. The van der Waals surface area contributed by atoms with Crippen molar-refractivity contribution in [3.05, 3.63) is 0 Å². The molecule has 0 aliphatic rings. The molecule has 0 amide bonds. The molecule has 1 N–H and O–H groups in total. The van der Waals surface area contributed by atoms with Crippen LogP contribution in [0.3, 0.4) is 0 Å². The Balaban J connectivity index is 2.88. The molecule has 0 rings (SSSR count). The van der Waals surface area contributed by atoms with Crippen molar-refractivity contribution in [1.82, 2.24) is 5.48 Å². The van der Waals surface area contributed by atoms with E-state index in [2.05, 4.69) is 12.4 Å². The molecule has 0 fully saturated rings. The molecule has 0 aromatic rings. The van der Waals surface area contributed by atoms with Gasteiger partial charge in [-0.25, -0.2) is 5.48 Å². The number of hydrogen-bond acceptors (Lipinski definition) is 3. The number of rotatable bonds is 16. The monoisotopic (exact) mass is 273 g/mol. The smallest absolute Gasteiger partial charge is 0.0653 e. The highest BCUT2D eigenvalue weighted by Gasteiger charge is 1.93. The van der Waals surface area contributed by atoms with Crippen LogP contribution in [0.4, 0.5) is 0 Å². The Hall–Kier alpha value is -0.120. The fraction of sp³-hybridized carbons (Fsp3) is 1.00. The van der Waals surface area contributed by atoms with Gasteiger partial charge >= 0.3 is 0 Å². The van der Waals surface area contributed by atoms with Crippen molar-refractivity contribution >= 4 is 0 Å². The summed E-state index contributed by atoms with van der Waals surface area (Å²) in [5.74, 6) is 0. The molecule has 19 heavy (non-hydrogen) atoms. The zero-order chi connectivity index (χ0) is 14.0. The van der Waals surface area contributed by atoms with Gasteiger partial charge in [-0.15, -0.1) is 0 Å². The summed E-state index contributed by atoms with van der Waals surface area (Å²) in [6, 6.07) is 0. The first-order valence-electron chi connectivity index (χ1n) is 8.34. The SMILES string of the molecule is CCOCCCCCCCCCCCCNOCC. The lowest BCUT2D eigenvalue weighted by Gasteiger charge is -2.04. The Morgan fingerprint density at radius 1 is 0.632 bits per heavy atom. The summed E-state index contributed by atoms with van der Waals surface area (Å²) >= 11 is 0. The van der Waals surface area contributed by atoms with E-state index in [1.807, 2.05) is 6.92 Å². The average molecular weight is 273 g/mol. The van der Waals surface area contributed by atoms with Crippen LogP contribution in [-0.4, -0.2) is 26.4 Å². The van der Waals surface area contributed by atoms with E-state index in [1.165, 1.54) is 64.2 Å². The van der Waals surface area contributed by atoms with E-state index in [4.69, 9.17) is 9.57 Å². The molecule has 3 heteroatoms. The Kier molecular flexibility index (Phi) is 17.8. The fourth-order valence-electron chi connectivity index (χ4n) is 2.13. The molecule has 0 aliphatic heterocycles. The van der Waals surface area contributed by atoms with Gasteiger partial charge in [0.25, 0.3) is 0 Å². The maximum absolute atomic E-state index is 5.33. The van der Waals surface area contributed by atoms with E-state index in [0.29, 0.717) is 0 Å². The topological polar surface area (TPSA) is 30.5 Å². The van der Waals surface area contributed by atoms with Crippen LogP contribution >= 0.6 is 0 Å². The van der Waals surface area contributed by atoms with Crippen molar-refractivity contribution in [3.8, 4) is 0 Å². The molecule has 0 saturated heterocycles. The molecule has 0 atom stereocenters. The minimum absolute atomic E-state index is 0.755. The average Bonchev–Trinajstić information content (AvgIpc) is 2.43. The lowest BCUT2D eigenvalue weighted by Crippen LogP contribution is -2.15.